The zero-order valence-corrected chi connectivity index (χ0v) is 10.3. The average Bonchev–Trinajstić information content (AvgIpc) is 2.85. The van der Waals surface area contributed by atoms with Crippen molar-refractivity contribution in [2.45, 2.75) is 31.7 Å². The van der Waals surface area contributed by atoms with Gasteiger partial charge in [-0.3, -0.25) is 0 Å². The van der Waals surface area contributed by atoms with Crippen LogP contribution in [-0.4, -0.2) is 44.2 Å². The summed E-state index contributed by atoms with van der Waals surface area (Å²) < 4.78 is 0. The van der Waals surface area contributed by atoms with Gasteiger partial charge in [0.15, 0.2) is 0 Å². The SMILES string of the molecule is CN(C)C(=O)NCCNC1CC2CCC1C2. The van der Waals surface area contributed by atoms with Crippen LogP contribution >= 0.6 is 0 Å². The molecule has 2 bridgehead atoms. The van der Waals surface area contributed by atoms with Gasteiger partial charge < -0.3 is 15.5 Å². The van der Waals surface area contributed by atoms with Crippen LogP contribution in [0.1, 0.15) is 25.7 Å². The number of urea groups is 1. The Hall–Kier alpha value is -0.770. The Morgan fingerprint density at radius 1 is 1.25 bits per heavy atom. The molecule has 0 spiro atoms. The second-order valence-corrected chi connectivity index (χ2v) is 5.36. The van der Waals surface area contributed by atoms with E-state index in [2.05, 4.69) is 10.6 Å². The van der Waals surface area contributed by atoms with Crippen molar-refractivity contribution in [3.63, 3.8) is 0 Å². The van der Waals surface area contributed by atoms with Crippen LogP contribution in [0.4, 0.5) is 4.79 Å². The fourth-order valence-electron chi connectivity index (χ4n) is 3.08. The fraction of sp³-hybridized carbons (Fsp3) is 0.917. The van der Waals surface area contributed by atoms with Gasteiger partial charge in [0, 0.05) is 33.2 Å². The molecule has 3 unspecified atom stereocenters. The van der Waals surface area contributed by atoms with E-state index in [9.17, 15) is 4.79 Å². The largest absolute Gasteiger partial charge is 0.337 e. The molecule has 3 atom stereocenters. The summed E-state index contributed by atoms with van der Waals surface area (Å²) >= 11 is 0. The number of nitrogens with one attached hydrogen (secondary N) is 2. The first kappa shape index (κ1) is 11.7. The van der Waals surface area contributed by atoms with Gasteiger partial charge in [-0.2, -0.15) is 0 Å². The van der Waals surface area contributed by atoms with Gasteiger partial charge in [-0.05, 0) is 31.1 Å². The highest BCUT2D eigenvalue weighted by Gasteiger charge is 2.38. The summed E-state index contributed by atoms with van der Waals surface area (Å²) in [5, 5.41) is 6.45. The van der Waals surface area contributed by atoms with Gasteiger partial charge in [0.05, 0.1) is 0 Å². The van der Waals surface area contributed by atoms with Gasteiger partial charge >= 0.3 is 6.03 Å². The van der Waals surface area contributed by atoms with Crippen molar-refractivity contribution in [1.29, 1.82) is 0 Å². The van der Waals surface area contributed by atoms with E-state index in [4.69, 9.17) is 0 Å². The highest BCUT2D eigenvalue weighted by molar-refractivity contribution is 5.73. The lowest BCUT2D eigenvalue weighted by atomic mass is 9.95. The first-order valence-electron chi connectivity index (χ1n) is 6.35. The molecule has 2 aliphatic carbocycles. The van der Waals surface area contributed by atoms with E-state index < -0.39 is 0 Å². The third-order valence-electron chi connectivity index (χ3n) is 3.95. The minimum atomic E-state index is -0.00487. The lowest BCUT2D eigenvalue weighted by Crippen LogP contribution is -2.42. The number of hydrogen-bond donors (Lipinski definition) is 2. The van der Waals surface area contributed by atoms with Crippen molar-refractivity contribution in [1.82, 2.24) is 15.5 Å². The molecule has 2 N–H and O–H groups in total. The van der Waals surface area contributed by atoms with E-state index in [-0.39, 0.29) is 6.03 Å². The first-order chi connectivity index (χ1) is 7.66. The highest BCUT2D eigenvalue weighted by Crippen LogP contribution is 2.44. The molecule has 2 aliphatic rings. The molecule has 0 heterocycles. The second-order valence-electron chi connectivity index (χ2n) is 5.36. The summed E-state index contributed by atoms with van der Waals surface area (Å²) in [7, 11) is 3.53. The zero-order chi connectivity index (χ0) is 11.5. The molecule has 0 aromatic heterocycles. The van der Waals surface area contributed by atoms with E-state index in [0.717, 1.165) is 31.0 Å². The molecule has 0 aromatic rings. The molecule has 2 fully saturated rings. The minimum absolute atomic E-state index is 0.00487. The molecule has 4 nitrogen and oxygen atoms in total. The van der Waals surface area contributed by atoms with Crippen molar-refractivity contribution in [3.8, 4) is 0 Å². The Bertz CT molecular complexity index is 255. The molecular formula is C12H23N3O. The third kappa shape index (κ3) is 2.67. The van der Waals surface area contributed by atoms with Crippen LogP contribution in [0.5, 0.6) is 0 Å². The van der Waals surface area contributed by atoms with E-state index in [1.165, 1.54) is 25.7 Å². The molecule has 0 radical (unpaired) electrons. The van der Waals surface area contributed by atoms with Crippen LogP contribution in [0.25, 0.3) is 0 Å². The molecule has 0 saturated heterocycles. The van der Waals surface area contributed by atoms with Crippen molar-refractivity contribution in [2.75, 3.05) is 27.2 Å². The number of amides is 2. The van der Waals surface area contributed by atoms with E-state index >= 15 is 0 Å². The molecule has 16 heavy (non-hydrogen) atoms. The number of carbonyl (C=O) groups excluding carboxylic acids is 1. The Labute approximate surface area is 97.8 Å². The number of nitrogens with zero attached hydrogens (tertiary/aromatic N) is 1. The molecule has 2 amide bonds. The first-order valence-corrected chi connectivity index (χ1v) is 6.35. The van der Waals surface area contributed by atoms with E-state index in [1.54, 1.807) is 19.0 Å². The molecule has 0 aromatic carbocycles. The van der Waals surface area contributed by atoms with Gasteiger partial charge in [0.2, 0.25) is 0 Å². The van der Waals surface area contributed by atoms with Crippen molar-refractivity contribution in [3.05, 3.63) is 0 Å². The van der Waals surface area contributed by atoms with Crippen LogP contribution in [-0.2, 0) is 0 Å². The fourth-order valence-corrected chi connectivity index (χ4v) is 3.08. The highest BCUT2D eigenvalue weighted by atomic mass is 16.2. The predicted octanol–water partition coefficient (Wildman–Crippen LogP) is 1.04. The second kappa shape index (κ2) is 5.04. The van der Waals surface area contributed by atoms with E-state index in [0.29, 0.717) is 0 Å². The van der Waals surface area contributed by atoms with Crippen LogP contribution in [0.15, 0.2) is 0 Å². The average molecular weight is 225 g/mol. The lowest BCUT2D eigenvalue weighted by Gasteiger charge is -2.23. The smallest absolute Gasteiger partial charge is 0.316 e. The maximum Gasteiger partial charge on any atom is 0.316 e. The molecule has 92 valence electrons. The van der Waals surface area contributed by atoms with E-state index in [1.807, 2.05) is 0 Å². The maximum atomic E-state index is 11.3. The van der Waals surface area contributed by atoms with Gasteiger partial charge in [0.1, 0.15) is 0 Å². The molecule has 4 heteroatoms. The standard InChI is InChI=1S/C12H23N3O/c1-15(2)12(16)14-6-5-13-11-8-9-3-4-10(11)7-9/h9-11,13H,3-8H2,1-2H3,(H,14,16). The topological polar surface area (TPSA) is 44.4 Å². The third-order valence-corrected chi connectivity index (χ3v) is 3.95. The van der Waals surface area contributed by atoms with Gasteiger partial charge in [-0.1, -0.05) is 6.42 Å². The van der Waals surface area contributed by atoms with Gasteiger partial charge in [-0.25, -0.2) is 4.79 Å². The number of hydrogen-bond acceptors (Lipinski definition) is 2. The number of fused-ring (bicyclic) bond motifs is 2. The summed E-state index contributed by atoms with van der Waals surface area (Å²) in [5.74, 6) is 1.90. The summed E-state index contributed by atoms with van der Waals surface area (Å²) in [6.45, 7) is 1.62. The lowest BCUT2D eigenvalue weighted by molar-refractivity contribution is 0.217. The summed E-state index contributed by atoms with van der Waals surface area (Å²) in [5.41, 5.74) is 0. The molecule has 2 rings (SSSR count). The van der Waals surface area contributed by atoms with Gasteiger partial charge in [-0.15, -0.1) is 0 Å². The molecule has 0 aliphatic heterocycles. The van der Waals surface area contributed by atoms with Crippen LogP contribution in [0, 0.1) is 11.8 Å². The predicted molar refractivity (Wildman–Crippen MR) is 64.3 cm³/mol. The summed E-state index contributed by atoms with van der Waals surface area (Å²) in [6, 6.07) is 0.713. The Morgan fingerprint density at radius 2 is 2.06 bits per heavy atom. The number of rotatable bonds is 4. The quantitative estimate of drug-likeness (QED) is 0.702. The Kier molecular flexibility index (Phi) is 3.69. The number of carbonyl (C=O) groups is 1. The van der Waals surface area contributed by atoms with Crippen molar-refractivity contribution >= 4 is 6.03 Å². The maximum absolute atomic E-state index is 11.3. The summed E-state index contributed by atoms with van der Waals surface area (Å²) in [6.07, 6.45) is 5.64. The molecule has 2 saturated carbocycles. The Morgan fingerprint density at radius 3 is 2.62 bits per heavy atom. The monoisotopic (exact) mass is 225 g/mol. The summed E-state index contributed by atoms with van der Waals surface area (Å²) in [4.78, 5) is 12.8. The van der Waals surface area contributed by atoms with Crippen LogP contribution in [0.2, 0.25) is 0 Å². The van der Waals surface area contributed by atoms with Gasteiger partial charge in [0.25, 0.3) is 0 Å². The van der Waals surface area contributed by atoms with Crippen LogP contribution < -0.4 is 10.6 Å². The zero-order valence-electron chi connectivity index (χ0n) is 10.3. The van der Waals surface area contributed by atoms with Crippen molar-refractivity contribution < 1.29 is 4.79 Å². The minimum Gasteiger partial charge on any atom is -0.337 e. The Balaban J connectivity index is 1.57. The normalized spacial score (nSPS) is 31.8. The van der Waals surface area contributed by atoms with Crippen LogP contribution in [0.3, 0.4) is 0 Å². The molecular weight excluding hydrogens is 202 g/mol. The van der Waals surface area contributed by atoms with Crippen molar-refractivity contribution in [2.24, 2.45) is 11.8 Å².